The molecular formula is C14H14BrF3N2. The Kier molecular flexibility index (Phi) is 4.42. The molecule has 2 nitrogen and oxygen atoms in total. The molecule has 20 heavy (non-hydrogen) atoms. The van der Waals surface area contributed by atoms with Gasteiger partial charge in [0.25, 0.3) is 0 Å². The minimum atomic E-state index is -4.38. The van der Waals surface area contributed by atoms with Crippen LogP contribution in [0.2, 0.25) is 0 Å². The Morgan fingerprint density at radius 2 is 2.00 bits per heavy atom. The maximum absolute atomic E-state index is 13.0. The largest absolute Gasteiger partial charge is 0.418 e. The molecule has 6 heteroatoms. The number of alkyl halides is 3. The van der Waals surface area contributed by atoms with Crippen LogP contribution in [0, 0.1) is 0 Å². The van der Waals surface area contributed by atoms with E-state index < -0.39 is 11.7 Å². The number of benzene rings is 1. The van der Waals surface area contributed by atoms with E-state index in [1.165, 1.54) is 6.07 Å². The predicted octanol–water partition coefficient (Wildman–Crippen LogP) is 4.90. The molecular weight excluding hydrogens is 333 g/mol. The van der Waals surface area contributed by atoms with Gasteiger partial charge < -0.3 is 9.88 Å². The van der Waals surface area contributed by atoms with E-state index in [9.17, 15) is 13.2 Å². The predicted molar refractivity (Wildman–Crippen MR) is 76.6 cm³/mol. The molecule has 0 spiro atoms. The molecule has 0 fully saturated rings. The molecule has 0 saturated heterocycles. The monoisotopic (exact) mass is 346 g/mol. The molecule has 108 valence electrons. The van der Waals surface area contributed by atoms with Gasteiger partial charge in [-0.05, 0) is 37.3 Å². The van der Waals surface area contributed by atoms with E-state index in [2.05, 4.69) is 21.2 Å². The van der Waals surface area contributed by atoms with Crippen LogP contribution in [-0.4, -0.2) is 4.57 Å². The van der Waals surface area contributed by atoms with Crippen LogP contribution in [0.4, 0.5) is 18.9 Å². The molecule has 2 rings (SSSR count). The Morgan fingerprint density at radius 1 is 1.25 bits per heavy atom. The highest BCUT2D eigenvalue weighted by atomic mass is 79.9. The zero-order chi connectivity index (χ0) is 14.8. The first-order valence-electron chi connectivity index (χ1n) is 6.16. The van der Waals surface area contributed by atoms with Gasteiger partial charge in [0.1, 0.15) is 0 Å². The van der Waals surface area contributed by atoms with Gasteiger partial charge in [-0.2, -0.15) is 13.2 Å². The second-order valence-corrected chi connectivity index (χ2v) is 5.24. The van der Waals surface area contributed by atoms with Crippen LogP contribution in [0.25, 0.3) is 0 Å². The first kappa shape index (κ1) is 15.0. The lowest BCUT2D eigenvalue weighted by molar-refractivity contribution is -0.137. The van der Waals surface area contributed by atoms with Gasteiger partial charge in [0, 0.05) is 28.6 Å². The first-order valence-corrected chi connectivity index (χ1v) is 6.95. The molecule has 0 amide bonds. The number of halogens is 4. The first-order chi connectivity index (χ1) is 9.41. The standard InChI is InChI=1S/C14H14BrF3N2/c1-2-20-7-3-4-11(20)9-19-13-6-5-10(15)8-12(13)14(16,17)18/h3-8,19H,2,9H2,1H3. The summed E-state index contributed by atoms with van der Waals surface area (Å²) in [6.45, 7) is 3.13. The maximum atomic E-state index is 13.0. The number of aromatic nitrogens is 1. The minimum absolute atomic E-state index is 0.0875. The summed E-state index contributed by atoms with van der Waals surface area (Å²) >= 11 is 3.07. The Hall–Kier alpha value is -1.43. The number of hydrogen-bond acceptors (Lipinski definition) is 1. The van der Waals surface area contributed by atoms with Crippen molar-refractivity contribution >= 4 is 21.6 Å². The van der Waals surface area contributed by atoms with E-state index in [1.54, 1.807) is 6.07 Å². The molecule has 2 aromatic rings. The van der Waals surface area contributed by atoms with Crippen molar-refractivity contribution in [2.24, 2.45) is 0 Å². The Bertz CT molecular complexity index is 590. The smallest absolute Gasteiger partial charge is 0.379 e. The molecule has 0 atom stereocenters. The van der Waals surface area contributed by atoms with Crippen LogP contribution in [0.15, 0.2) is 41.0 Å². The quantitative estimate of drug-likeness (QED) is 0.832. The highest BCUT2D eigenvalue weighted by Crippen LogP contribution is 2.36. The highest BCUT2D eigenvalue weighted by Gasteiger charge is 2.33. The summed E-state index contributed by atoms with van der Waals surface area (Å²) in [5.41, 5.74) is 0.370. The SMILES string of the molecule is CCn1cccc1CNc1ccc(Br)cc1C(F)(F)F. The van der Waals surface area contributed by atoms with Crippen LogP contribution in [-0.2, 0) is 19.3 Å². The van der Waals surface area contributed by atoms with Gasteiger partial charge >= 0.3 is 6.18 Å². The molecule has 1 aromatic heterocycles. The van der Waals surface area contributed by atoms with Crippen LogP contribution < -0.4 is 5.32 Å². The number of anilines is 1. The normalized spacial score (nSPS) is 11.7. The minimum Gasteiger partial charge on any atom is -0.379 e. The Morgan fingerprint density at radius 3 is 2.65 bits per heavy atom. The van der Waals surface area contributed by atoms with E-state index in [1.807, 2.05) is 29.8 Å². The molecule has 0 saturated carbocycles. The molecule has 0 aliphatic carbocycles. The summed E-state index contributed by atoms with van der Waals surface area (Å²) in [6.07, 6.45) is -2.47. The number of aryl methyl sites for hydroxylation is 1. The zero-order valence-corrected chi connectivity index (χ0v) is 12.4. The van der Waals surface area contributed by atoms with Crippen molar-refractivity contribution in [2.75, 3.05) is 5.32 Å². The van der Waals surface area contributed by atoms with Crippen LogP contribution >= 0.6 is 15.9 Å². The van der Waals surface area contributed by atoms with Crippen molar-refractivity contribution in [3.8, 4) is 0 Å². The van der Waals surface area contributed by atoms with E-state index in [4.69, 9.17) is 0 Å². The molecule has 0 aliphatic rings. The van der Waals surface area contributed by atoms with Gasteiger partial charge in [0.2, 0.25) is 0 Å². The summed E-state index contributed by atoms with van der Waals surface area (Å²) < 4.78 is 41.3. The van der Waals surface area contributed by atoms with Crippen LogP contribution in [0.1, 0.15) is 18.2 Å². The fraction of sp³-hybridized carbons (Fsp3) is 0.286. The number of nitrogens with one attached hydrogen (secondary N) is 1. The summed E-state index contributed by atoms with van der Waals surface area (Å²) in [4.78, 5) is 0. The Balaban J connectivity index is 2.22. The molecule has 1 heterocycles. The van der Waals surface area contributed by atoms with Crippen molar-refractivity contribution in [3.63, 3.8) is 0 Å². The third kappa shape index (κ3) is 3.36. The van der Waals surface area contributed by atoms with Crippen LogP contribution in [0.5, 0.6) is 0 Å². The van der Waals surface area contributed by atoms with Gasteiger partial charge in [0.05, 0.1) is 12.1 Å². The van der Waals surface area contributed by atoms with E-state index >= 15 is 0 Å². The second kappa shape index (κ2) is 5.91. The third-order valence-electron chi connectivity index (χ3n) is 3.01. The topological polar surface area (TPSA) is 17.0 Å². The number of nitrogens with zero attached hydrogens (tertiary/aromatic N) is 1. The van der Waals surface area contributed by atoms with Crippen LogP contribution in [0.3, 0.4) is 0 Å². The molecule has 1 N–H and O–H groups in total. The van der Waals surface area contributed by atoms with Crippen molar-refractivity contribution in [3.05, 3.63) is 52.3 Å². The lowest BCUT2D eigenvalue weighted by Crippen LogP contribution is -2.12. The van der Waals surface area contributed by atoms with Gasteiger partial charge in [-0.1, -0.05) is 15.9 Å². The zero-order valence-electron chi connectivity index (χ0n) is 10.8. The molecule has 0 radical (unpaired) electrons. The summed E-state index contributed by atoms with van der Waals surface area (Å²) in [6, 6.07) is 7.89. The fourth-order valence-corrected chi connectivity index (χ4v) is 2.37. The maximum Gasteiger partial charge on any atom is 0.418 e. The van der Waals surface area contributed by atoms with Gasteiger partial charge in [0.15, 0.2) is 0 Å². The molecule has 1 aromatic carbocycles. The molecule has 0 bridgehead atoms. The van der Waals surface area contributed by atoms with Crippen molar-refractivity contribution < 1.29 is 13.2 Å². The van der Waals surface area contributed by atoms with Crippen molar-refractivity contribution in [1.29, 1.82) is 0 Å². The van der Waals surface area contributed by atoms with E-state index in [-0.39, 0.29) is 5.69 Å². The molecule has 0 unspecified atom stereocenters. The lowest BCUT2D eigenvalue weighted by Gasteiger charge is -2.15. The second-order valence-electron chi connectivity index (χ2n) is 4.33. The third-order valence-corrected chi connectivity index (χ3v) is 3.50. The molecule has 0 aliphatic heterocycles. The van der Waals surface area contributed by atoms with E-state index in [0.717, 1.165) is 18.3 Å². The van der Waals surface area contributed by atoms with Gasteiger partial charge in [-0.25, -0.2) is 0 Å². The fourth-order valence-electron chi connectivity index (χ4n) is 2.01. The average molecular weight is 347 g/mol. The van der Waals surface area contributed by atoms with E-state index in [0.29, 0.717) is 11.0 Å². The number of rotatable bonds is 4. The van der Waals surface area contributed by atoms with Gasteiger partial charge in [-0.15, -0.1) is 0 Å². The summed E-state index contributed by atoms with van der Waals surface area (Å²) in [7, 11) is 0. The number of hydrogen-bond donors (Lipinski definition) is 1. The van der Waals surface area contributed by atoms with Crippen molar-refractivity contribution in [2.45, 2.75) is 26.2 Å². The lowest BCUT2D eigenvalue weighted by atomic mass is 10.1. The average Bonchev–Trinajstić information content (AvgIpc) is 2.83. The van der Waals surface area contributed by atoms with Gasteiger partial charge in [-0.3, -0.25) is 0 Å². The van der Waals surface area contributed by atoms with Crippen molar-refractivity contribution in [1.82, 2.24) is 4.57 Å². The summed E-state index contributed by atoms with van der Waals surface area (Å²) in [5, 5.41) is 2.86. The Labute approximate surface area is 123 Å². The summed E-state index contributed by atoms with van der Waals surface area (Å²) in [5.74, 6) is 0. The highest BCUT2D eigenvalue weighted by molar-refractivity contribution is 9.10.